The third-order valence-electron chi connectivity index (χ3n) is 6.95. The van der Waals surface area contributed by atoms with Gasteiger partial charge in [0.05, 0.1) is 17.9 Å². The van der Waals surface area contributed by atoms with Gasteiger partial charge in [-0.05, 0) is 62.2 Å². The van der Waals surface area contributed by atoms with Crippen molar-refractivity contribution in [2.75, 3.05) is 0 Å². The number of hydrogen-bond donors (Lipinski definition) is 3. The van der Waals surface area contributed by atoms with Crippen molar-refractivity contribution in [1.82, 2.24) is 0 Å². The molecule has 0 bridgehead atoms. The molecule has 0 aromatic carbocycles. The lowest BCUT2D eigenvalue weighted by Gasteiger charge is -2.34. The zero-order valence-electron chi connectivity index (χ0n) is 16.3. The molecule has 0 heterocycles. The Labute approximate surface area is 157 Å². The number of aliphatic carboxylic acids is 2. The van der Waals surface area contributed by atoms with Crippen LogP contribution in [0.15, 0.2) is 0 Å². The van der Waals surface area contributed by atoms with Crippen LogP contribution in [0.3, 0.4) is 0 Å². The van der Waals surface area contributed by atoms with Crippen molar-refractivity contribution in [2.45, 2.75) is 84.2 Å². The highest BCUT2D eigenvalue weighted by Gasteiger charge is 2.36. The summed E-state index contributed by atoms with van der Waals surface area (Å²) in [4.78, 5) is 23.5. The summed E-state index contributed by atoms with van der Waals surface area (Å²) in [6.07, 6.45) is 7.28. The lowest BCUT2D eigenvalue weighted by Crippen LogP contribution is -2.34. The van der Waals surface area contributed by atoms with Crippen LogP contribution in [0.5, 0.6) is 0 Å². The first-order chi connectivity index (χ1) is 12.3. The predicted octanol–water partition coefficient (Wildman–Crippen LogP) is 4.18. The Bertz CT molecular complexity index is 419. The number of carbonyl (C=O) groups is 2. The second-order valence-electron chi connectivity index (χ2n) is 9.05. The van der Waals surface area contributed by atoms with Crippen LogP contribution in [-0.4, -0.2) is 33.4 Å². The molecule has 2 saturated carbocycles. The topological polar surface area (TPSA) is 94.8 Å². The van der Waals surface area contributed by atoms with Gasteiger partial charge in [0.15, 0.2) is 0 Å². The van der Waals surface area contributed by atoms with E-state index < -0.39 is 29.9 Å². The van der Waals surface area contributed by atoms with Crippen molar-refractivity contribution in [1.29, 1.82) is 0 Å². The summed E-state index contributed by atoms with van der Waals surface area (Å²) in [6, 6.07) is 0. The number of aliphatic hydroxyl groups is 1. The summed E-state index contributed by atoms with van der Waals surface area (Å²) in [6.45, 7) is 4.40. The zero-order valence-corrected chi connectivity index (χ0v) is 16.3. The molecule has 5 heteroatoms. The van der Waals surface area contributed by atoms with Gasteiger partial charge in [0.1, 0.15) is 0 Å². The molecule has 26 heavy (non-hydrogen) atoms. The van der Waals surface area contributed by atoms with Crippen LogP contribution in [0, 0.1) is 35.5 Å². The summed E-state index contributed by atoms with van der Waals surface area (Å²) < 4.78 is 0. The normalized spacial score (nSPS) is 33.2. The van der Waals surface area contributed by atoms with Crippen LogP contribution in [0.2, 0.25) is 0 Å². The third kappa shape index (κ3) is 5.97. The molecule has 0 aromatic rings. The number of aliphatic hydroxyl groups excluding tert-OH is 1. The molecule has 0 spiro atoms. The van der Waals surface area contributed by atoms with Crippen LogP contribution < -0.4 is 0 Å². The quantitative estimate of drug-likeness (QED) is 0.597. The van der Waals surface area contributed by atoms with Crippen molar-refractivity contribution in [3.8, 4) is 0 Å². The lowest BCUT2D eigenvalue weighted by molar-refractivity contribution is -0.147. The van der Waals surface area contributed by atoms with Crippen LogP contribution in [0.25, 0.3) is 0 Å². The molecule has 3 N–H and O–H groups in total. The molecule has 0 aromatic heterocycles. The molecule has 0 aliphatic heterocycles. The van der Waals surface area contributed by atoms with E-state index in [0.717, 1.165) is 51.4 Å². The molecule has 2 rings (SSSR count). The van der Waals surface area contributed by atoms with Gasteiger partial charge in [0, 0.05) is 0 Å². The summed E-state index contributed by atoms with van der Waals surface area (Å²) in [5.41, 5.74) is 0. The van der Waals surface area contributed by atoms with E-state index >= 15 is 0 Å². The van der Waals surface area contributed by atoms with Crippen molar-refractivity contribution in [3.63, 3.8) is 0 Å². The maximum absolute atomic E-state index is 11.7. The Kier molecular flexibility index (Phi) is 7.93. The summed E-state index contributed by atoms with van der Waals surface area (Å²) in [7, 11) is 0. The largest absolute Gasteiger partial charge is 0.481 e. The van der Waals surface area contributed by atoms with Gasteiger partial charge in [-0.15, -0.1) is 0 Å². The van der Waals surface area contributed by atoms with Crippen molar-refractivity contribution in [2.24, 2.45) is 35.5 Å². The number of carboxylic acids is 2. The van der Waals surface area contributed by atoms with Gasteiger partial charge < -0.3 is 15.3 Å². The molecule has 2 aliphatic carbocycles. The molecule has 0 saturated heterocycles. The second kappa shape index (κ2) is 9.72. The highest BCUT2D eigenvalue weighted by Crippen LogP contribution is 2.38. The summed E-state index contributed by atoms with van der Waals surface area (Å²) in [5.74, 6) is -1.29. The van der Waals surface area contributed by atoms with E-state index in [1.807, 2.05) is 0 Å². The Morgan fingerprint density at radius 3 is 1.31 bits per heavy atom. The summed E-state index contributed by atoms with van der Waals surface area (Å²) >= 11 is 0. The molecule has 0 radical (unpaired) electrons. The number of carboxylic acid groups (broad SMARTS) is 2. The van der Waals surface area contributed by atoms with E-state index in [1.165, 1.54) is 0 Å². The Morgan fingerprint density at radius 2 is 1.04 bits per heavy atom. The van der Waals surface area contributed by atoms with E-state index in [4.69, 9.17) is 0 Å². The zero-order chi connectivity index (χ0) is 19.3. The molecule has 2 aliphatic rings. The third-order valence-corrected chi connectivity index (χ3v) is 6.95. The van der Waals surface area contributed by atoms with E-state index in [-0.39, 0.29) is 24.7 Å². The van der Waals surface area contributed by atoms with Crippen molar-refractivity contribution >= 4 is 11.9 Å². The van der Waals surface area contributed by atoms with E-state index in [2.05, 4.69) is 13.8 Å². The van der Waals surface area contributed by atoms with Gasteiger partial charge in [0.2, 0.25) is 0 Å². The van der Waals surface area contributed by atoms with Gasteiger partial charge in [-0.25, -0.2) is 0 Å². The minimum Gasteiger partial charge on any atom is -0.481 e. The minimum atomic E-state index is -0.851. The molecule has 150 valence electrons. The molecular formula is C21H36O5. The Balaban J connectivity index is 1.93. The Hall–Kier alpha value is -1.10. The van der Waals surface area contributed by atoms with Crippen LogP contribution in [-0.2, 0) is 9.59 Å². The van der Waals surface area contributed by atoms with Gasteiger partial charge in [-0.2, -0.15) is 0 Å². The molecule has 2 unspecified atom stereocenters. The van der Waals surface area contributed by atoms with Crippen LogP contribution in [0.1, 0.15) is 78.1 Å². The maximum atomic E-state index is 11.7. The molecule has 2 fully saturated rings. The van der Waals surface area contributed by atoms with Crippen molar-refractivity contribution in [3.05, 3.63) is 0 Å². The van der Waals surface area contributed by atoms with Crippen LogP contribution >= 0.6 is 0 Å². The average Bonchev–Trinajstić information content (AvgIpc) is 2.59. The van der Waals surface area contributed by atoms with E-state index in [0.29, 0.717) is 11.8 Å². The monoisotopic (exact) mass is 368 g/mol. The molecule has 5 nitrogen and oxygen atoms in total. The first-order valence-electron chi connectivity index (χ1n) is 10.4. The lowest BCUT2D eigenvalue weighted by atomic mass is 9.72. The Morgan fingerprint density at radius 1 is 0.731 bits per heavy atom. The smallest absolute Gasteiger partial charge is 0.306 e. The average molecular weight is 369 g/mol. The molecule has 0 amide bonds. The highest BCUT2D eigenvalue weighted by atomic mass is 16.4. The van der Waals surface area contributed by atoms with Gasteiger partial charge >= 0.3 is 11.9 Å². The minimum absolute atomic E-state index is 0.108. The SMILES string of the molecule is CC1CCC(C(CC(O)CC(C(=O)O)C2CCC(C)CC2)C(=O)O)CC1. The van der Waals surface area contributed by atoms with E-state index in [9.17, 15) is 24.9 Å². The maximum Gasteiger partial charge on any atom is 0.306 e. The number of hydrogen-bond acceptors (Lipinski definition) is 3. The fraction of sp³-hybridized carbons (Fsp3) is 0.905. The fourth-order valence-corrected chi connectivity index (χ4v) is 5.05. The highest BCUT2D eigenvalue weighted by molar-refractivity contribution is 5.71. The van der Waals surface area contributed by atoms with Crippen molar-refractivity contribution < 1.29 is 24.9 Å². The standard InChI is InChI=1S/C21H36O5/c1-13-3-7-15(8-4-13)18(20(23)24)11-17(22)12-19(21(25)26)16-9-5-14(2)6-10-16/h13-19,22H,3-12H2,1-2H3,(H,23,24)(H,25,26). The van der Waals surface area contributed by atoms with E-state index in [1.54, 1.807) is 0 Å². The van der Waals surface area contributed by atoms with Gasteiger partial charge in [0.25, 0.3) is 0 Å². The molecular weight excluding hydrogens is 332 g/mol. The van der Waals surface area contributed by atoms with Gasteiger partial charge in [-0.1, -0.05) is 39.5 Å². The second-order valence-corrected chi connectivity index (χ2v) is 9.05. The predicted molar refractivity (Wildman–Crippen MR) is 99.7 cm³/mol. The summed E-state index contributed by atoms with van der Waals surface area (Å²) in [5, 5.41) is 29.8. The molecule has 2 atom stereocenters. The fourth-order valence-electron chi connectivity index (χ4n) is 5.05. The van der Waals surface area contributed by atoms with Crippen LogP contribution in [0.4, 0.5) is 0 Å². The first kappa shape index (κ1) is 21.2. The van der Waals surface area contributed by atoms with Gasteiger partial charge in [-0.3, -0.25) is 9.59 Å². The first-order valence-corrected chi connectivity index (χ1v) is 10.4. The number of rotatable bonds is 8.